The largest absolute Gasteiger partial charge is 0.363 e. The van der Waals surface area contributed by atoms with Crippen LogP contribution in [0.3, 0.4) is 0 Å². The fraction of sp³-hybridized carbons (Fsp3) is 0.0909. The second kappa shape index (κ2) is 7.44. The summed E-state index contributed by atoms with van der Waals surface area (Å²) in [7, 11) is 3.84. The van der Waals surface area contributed by atoms with Crippen LogP contribution < -0.4 is 10.2 Å². The van der Waals surface area contributed by atoms with E-state index < -0.39 is 0 Å². The molecule has 0 atom stereocenters. The van der Waals surface area contributed by atoms with Gasteiger partial charge in [-0.15, -0.1) is 0 Å². The maximum absolute atomic E-state index is 13.0. The Morgan fingerprint density at radius 1 is 1.00 bits per heavy atom. The predicted octanol–water partition coefficient (Wildman–Crippen LogP) is 4.01. The Labute approximate surface area is 162 Å². The zero-order chi connectivity index (χ0) is 19.5. The topological polar surface area (TPSA) is 71.0 Å². The average Bonchev–Trinajstić information content (AvgIpc) is 2.74. The van der Waals surface area contributed by atoms with Crippen molar-refractivity contribution in [3.8, 4) is 11.3 Å². The molecule has 4 rings (SSSR count). The van der Waals surface area contributed by atoms with E-state index in [0.717, 1.165) is 28.0 Å². The number of carbonyl (C=O) groups is 1. The van der Waals surface area contributed by atoms with Gasteiger partial charge in [0.15, 0.2) is 0 Å². The number of para-hydroxylation sites is 1. The van der Waals surface area contributed by atoms with Crippen molar-refractivity contribution >= 4 is 28.3 Å². The van der Waals surface area contributed by atoms with Crippen molar-refractivity contribution in [3.05, 3.63) is 78.8 Å². The van der Waals surface area contributed by atoms with Crippen LogP contribution in [0.15, 0.2) is 73.2 Å². The Bertz CT molecular complexity index is 1120. The molecule has 0 spiro atoms. The Balaban J connectivity index is 1.73. The Kier molecular flexibility index (Phi) is 4.68. The number of hydrogen-bond donors (Lipinski definition) is 1. The summed E-state index contributed by atoms with van der Waals surface area (Å²) in [6, 6.07) is 16.9. The average molecular weight is 369 g/mol. The molecule has 0 saturated heterocycles. The first-order valence-corrected chi connectivity index (χ1v) is 8.87. The first-order chi connectivity index (χ1) is 13.6. The Morgan fingerprint density at radius 3 is 2.50 bits per heavy atom. The highest BCUT2D eigenvalue weighted by molar-refractivity contribution is 6.13. The minimum Gasteiger partial charge on any atom is -0.363 e. The van der Waals surface area contributed by atoms with E-state index in [-0.39, 0.29) is 5.91 Å². The number of carbonyl (C=O) groups excluding carboxylic acids is 1. The van der Waals surface area contributed by atoms with Crippen LogP contribution >= 0.6 is 0 Å². The number of anilines is 2. The smallest absolute Gasteiger partial charge is 0.256 e. The number of hydrogen-bond acceptors (Lipinski definition) is 5. The summed E-state index contributed by atoms with van der Waals surface area (Å²) >= 11 is 0. The van der Waals surface area contributed by atoms with Crippen molar-refractivity contribution in [1.82, 2.24) is 15.0 Å². The highest BCUT2D eigenvalue weighted by Crippen LogP contribution is 2.25. The highest BCUT2D eigenvalue weighted by Gasteiger charge is 2.14. The molecule has 28 heavy (non-hydrogen) atoms. The molecule has 3 heterocycles. The minimum atomic E-state index is -0.201. The van der Waals surface area contributed by atoms with Crippen molar-refractivity contribution < 1.29 is 4.79 Å². The molecule has 138 valence electrons. The summed E-state index contributed by atoms with van der Waals surface area (Å²) in [4.78, 5) is 28.0. The molecule has 0 radical (unpaired) electrons. The van der Waals surface area contributed by atoms with E-state index >= 15 is 0 Å². The molecule has 6 heteroatoms. The SMILES string of the molecule is CN(C)c1ccc(NC(=O)c2cc(-c3ccncc3)nc3ccccc23)cn1. The van der Waals surface area contributed by atoms with Gasteiger partial charge in [0.05, 0.1) is 28.7 Å². The van der Waals surface area contributed by atoms with Gasteiger partial charge in [-0.3, -0.25) is 9.78 Å². The first-order valence-electron chi connectivity index (χ1n) is 8.87. The van der Waals surface area contributed by atoms with Gasteiger partial charge in [-0.05, 0) is 36.4 Å². The van der Waals surface area contributed by atoms with Gasteiger partial charge in [-0.25, -0.2) is 9.97 Å². The Hall–Kier alpha value is -3.80. The van der Waals surface area contributed by atoms with Crippen molar-refractivity contribution in [1.29, 1.82) is 0 Å². The van der Waals surface area contributed by atoms with Gasteiger partial charge in [-0.1, -0.05) is 18.2 Å². The predicted molar refractivity (Wildman–Crippen MR) is 111 cm³/mol. The van der Waals surface area contributed by atoms with E-state index in [0.29, 0.717) is 11.3 Å². The van der Waals surface area contributed by atoms with Gasteiger partial charge in [0, 0.05) is 37.4 Å². The van der Waals surface area contributed by atoms with Crippen LogP contribution in [0.25, 0.3) is 22.2 Å². The molecule has 0 saturated carbocycles. The third-order valence-corrected chi connectivity index (χ3v) is 4.40. The molecular weight excluding hydrogens is 350 g/mol. The molecule has 0 unspecified atom stereocenters. The fourth-order valence-electron chi connectivity index (χ4n) is 2.96. The molecule has 0 aliphatic carbocycles. The summed E-state index contributed by atoms with van der Waals surface area (Å²) in [5, 5.41) is 3.74. The van der Waals surface area contributed by atoms with Gasteiger partial charge < -0.3 is 10.2 Å². The van der Waals surface area contributed by atoms with Gasteiger partial charge in [-0.2, -0.15) is 0 Å². The molecule has 1 amide bonds. The summed E-state index contributed by atoms with van der Waals surface area (Å²) in [6.45, 7) is 0. The van der Waals surface area contributed by atoms with Crippen molar-refractivity contribution in [2.75, 3.05) is 24.3 Å². The standard InChI is InChI=1S/C22H19N5O/c1-27(2)21-8-7-16(14-24-21)25-22(28)18-13-20(15-9-11-23-12-10-15)26-19-6-4-3-5-17(18)19/h3-14H,1-2H3,(H,25,28). The van der Waals surface area contributed by atoms with E-state index in [9.17, 15) is 4.79 Å². The van der Waals surface area contributed by atoms with Gasteiger partial charge in [0.25, 0.3) is 5.91 Å². The monoisotopic (exact) mass is 369 g/mol. The number of rotatable bonds is 4. The van der Waals surface area contributed by atoms with Crippen LogP contribution in [0.2, 0.25) is 0 Å². The zero-order valence-electron chi connectivity index (χ0n) is 15.6. The van der Waals surface area contributed by atoms with E-state index in [4.69, 9.17) is 4.98 Å². The van der Waals surface area contributed by atoms with Crippen LogP contribution in [0.5, 0.6) is 0 Å². The van der Waals surface area contributed by atoms with Crippen LogP contribution in [-0.2, 0) is 0 Å². The molecule has 4 aromatic rings. The molecule has 0 aliphatic heterocycles. The lowest BCUT2D eigenvalue weighted by Gasteiger charge is -2.13. The maximum atomic E-state index is 13.0. The number of amides is 1. The molecule has 6 nitrogen and oxygen atoms in total. The third-order valence-electron chi connectivity index (χ3n) is 4.40. The quantitative estimate of drug-likeness (QED) is 0.588. The van der Waals surface area contributed by atoms with Gasteiger partial charge in [0.1, 0.15) is 5.82 Å². The first kappa shape index (κ1) is 17.6. The number of nitrogens with one attached hydrogen (secondary N) is 1. The molecule has 1 aromatic carbocycles. The molecule has 0 aliphatic rings. The molecule has 0 bridgehead atoms. The number of pyridine rings is 3. The molecule has 0 fully saturated rings. The van der Waals surface area contributed by atoms with Crippen molar-refractivity contribution in [3.63, 3.8) is 0 Å². The second-order valence-corrected chi connectivity index (χ2v) is 6.56. The normalized spacial score (nSPS) is 10.6. The number of fused-ring (bicyclic) bond motifs is 1. The zero-order valence-corrected chi connectivity index (χ0v) is 15.6. The van der Waals surface area contributed by atoms with E-state index in [1.165, 1.54) is 0 Å². The third kappa shape index (κ3) is 3.53. The number of aromatic nitrogens is 3. The van der Waals surface area contributed by atoms with E-state index in [2.05, 4.69) is 15.3 Å². The minimum absolute atomic E-state index is 0.201. The number of benzene rings is 1. The summed E-state index contributed by atoms with van der Waals surface area (Å²) < 4.78 is 0. The molecular formula is C22H19N5O. The lowest BCUT2D eigenvalue weighted by molar-refractivity contribution is 0.102. The van der Waals surface area contributed by atoms with E-state index in [1.54, 1.807) is 18.6 Å². The lowest BCUT2D eigenvalue weighted by atomic mass is 10.0. The van der Waals surface area contributed by atoms with Gasteiger partial charge >= 0.3 is 0 Å². The summed E-state index contributed by atoms with van der Waals surface area (Å²) in [5.74, 6) is 0.626. The highest BCUT2D eigenvalue weighted by atomic mass is 16.1. The van der Waals surface area contributed by atoms with Crippen LogP contribution in [0, 0.1) is 0 Å². The fourth-order valence-corrected chi connectivity index (χ4v) is 2.96. The van der Waals surface area contributed by atoms with Gasteiger partial charge in [0.2, 0.25) is 0 Å². The van der Waals surface area contributed by atoms with Crippen molar-refractivity contribution in [2.24, 2.45) is 0 Å². The Morgan fingerprint density at radius 2 is 1.79 bits per heavy atom. The molecule has 1 N–H and O–H groups in total. The number of nitrogens with zero attached hydrogens (tertiary/aromatic N) is 4. The summed E-state index contributed by atoms with van der Waals surface area (Å²) in [5.41, 5.74) is 3.61. The molecule has 3 aromatic heterocycles. The van der Waals surface area contributed by atoms with Crippen LogP contribution in [-0.4, -0.2) is 35.0 Å². The van der Waals surface area contributed by atoms with Crippen molar-refractivity contribution in [2.45, 2.75) is 0 Å². The van der Waals surface area contributed by atoms with Crippen LogP contribution in [0.1, 0.15) is 10.4 Å². The summed E-state index contributed by atoms with van der Waals surface area (Å²) in [6.07, 6.45) is 5.08. The second-order valence-electron chi connectivity index (χ2n) is 6.56. The van der Waals surface area contributed by atoms with E-state index in [1.807, 2.05) is 73.6 Å². The lowest BCUT2D eigenvalue weighted by Crippen LogP contribution is -2.14. The maximum Gasteiger partial charge on any atom is 0.256 e. The van der Waals surface area contributed by atoms with Crippen LogP contribution in [0.4, 0.5) is 11.5 Å².